The highest BCUT2D eigenvalue weighted by Crippen LogP contribution is 2.45. The van der Waals surface area contributed by atoms with Gasteiger partial charge in [-0.3, -0.25) is 4.79 Å². The number of carbonyl (C=O) groups is 1. The molecule has 1 aliphatic carbocycles. The average Bonchev–Trinajstić information content (AvgIpc) is 3.26. The van der Waals surface area contributed by atoms with Gasteiger partial charge >= 0.3 is 5.97 Å². The summed E-state index contributed by atoms with van der Waals surface area (Å²) in [5, 5.41) is 20.9. The van der Waals surface area contributed by atoms with Gasteiger partial charge < -0.3 is 14.4 Å². The number of aryl methyl sites for hydroxylation is 1. The SMILES string of the molecule is CC.CC.Cc1c(F)cc2nc3c(c4c2c1CCC4C#N)Cn1c-3cc2c(c1=O)COC(=O)C2O. The van der Waals surface area contributed by atoms with Crippen LogP contribution in [0.1, 0.15) is 79.5 Å². The maximum atomic E-state index is 14.6. The molecule has 35 heavy (non-hydrogen) atoms. The number of halogens is 1. The molecule has 2 atom stereocenters. The first-order valence-corrected chi connectivity index (χ1v) is 12.1. The minimum Gasteiger partial charge on any atom is -0.458 e. The van der Waals surface area contributed by atoms with Crippen LogP contribution in [0.3, 0.4) is 0 Å². The minimum absolute atomic E-state index is 0.196. The van der Waals surface area contributed by atoms with Gasteiger partial charge in [0.15, 0.2) is 6.10 Å². The standard InChI is InChI=1S/C23H16FN3O4.2C2H6/c1-9-11-3-2-10(6-25)18-13-7-27-17(20(13)26-16(19(11)18)5-15(9)24)4-12-14(22(27)29)8-31-23(30)21(12)28;2*1-2/h4-5,10,21,28H,2-3,7-8H2,1H3;2*1-2H3. The molecule has 3 aromatic rings. The number of rotatable bonds is 0. The van der Waals surface area contributed by atoms with Gasteiger partial charge in [0.2, 0.25) is 0 Å². The van der Waals surface area contributed by atoms with E-state index in [4.69, 9.17) is 9.72 Å². The highest BCUT2D eigenvalue weighted by atomic mass is 19.1. The number of fused-ring (bicyclic) bond motifs is 5. The predicted molar refractivity (Wildman–Crippen MR) is 129 cm³/mol. The first-order valence-electron chi connectivity index (χ1n) is 12.1. The van der Waals surface area contributed by atoms with Gasteiger partial charge in [-0.25, -0.2) is 14.2 Å². The summed E-state index contributed by atoms with van der Waals surface area (Å²) < 4.78 is 21.1. The van der Waals surface area contributed by atoms with Crippen molar-refractivity contribution in [3.63, 3.8) is 0 Å². The Kier molecular flexibility index (Phi) is 6.48. The van der Waals surface area contributed by atoms with E-state index in [1.807, 2.05) is 27.7 Å². The van der Waals surface area contributed by atoms with Crippen molar-refractivity contribution in [1.82, 2.24) is 9.55 Å². The second kappa shape index (κ2) is 9.23. The lowest BCUT2D eigenvalue weighted by atomic mass is 9.79. The van der Waals surface area contributed by atoms with Gasteiger partial charge in [-0.2, -0.15) is 5.26 Å². The van der Waals surface area contributed by atoms with Gasteiger partial charge in [-0.05, 0) is 42.5 Å². The predicted octanol–water partition coefficient (Wildman–Crippen LogP) is 4.57. The Bertz CT molecular complexity index is 1470. The summed E-state index contributed by atoms with van der Waals surface area (Å²) in [5.74, 6) is -1.54. The van der Waals surface area contributed by atoms with E-state index in [0.717, 1.165) is 22.1 Å². The van der Waals surface area contributed by atoms with Crippen LogP contribution in [0.25, 0.3) is 22.3 Å². The summed E-state index contributed by atoms with van der Waals surface area (Å²) in [5.41, 5.74) is 4.49. The molecule has 182 valence electrons. The van der Waals surface area contributed by atoms with Crippen LogP contribution >= 0.6 is 0 Å². The number of carbonyl (C=O) groups excluding carboxylic acids is 1. The number of hydrogen-bond donors (Lipinski definition) is 1. The Labute approximate surface area is 202 Å². The molecule has 0 radical (unpaired) electrons. The lowest BCUT2D eigenvalue weighted by Crippen LogP contribution is -2.32. The number of aromatic nitrogens is 2. The second-order valence-corrected chi connectivity index (χ2v) is 8.29. The molecule has 2 aromatic heterocycles. The van der Waals surface area contributed by atoms with Crippen molar-refractivity contribution in [1.29, 1.82) is 5.26 Å². The molecule has 0 saturated carbocycles. The van der Waals surface area contributed by atoms with Crippen molar-refractivity contribution in [2.24, 2.45) is 0 Å². The van der Waals surface area contributed by atoms with E-state index in [0.29, 0.717) is 35.3 Å². The number of nitriles is 1. The van der Waals surface area contributed by atoms with Crippen molar-refractivity contribution in [3.05, 3.63) is 61.7 Å². The zero-order chi connectivity index (χ0) is 25.6. The van der Waals surface area contributed by atoms with E-state index in [1.54, 1.807) is 13.0 Å². The van der Waals surface area contributed by atoms with Crippen LogP contribution in [0.2, 0.25) is 0 Å². The summed E-state index contributed by atoms with van der Waals surface area (Å²) in [7, 11) is 0. The molecule has 2 unspecified atom stereocenters. The number of cyclic esters (lactones) is 1. The second-order valence-electron chi connectivity index (χ2n) is 8.29. The zero-order valence-electron chi connectivity index (χ0n) is 20.5. The van der Waals surface area contributed by atoms with E-state index >= 15 is 0 Å². The van der Waals surface area contributed by atoms with Gasteiger partial charge in [0.05, 0.1) is 41.0 Å². The Morgan fingerprint density at radius 3 is 2.57 bits per heavy atom. The Morgan fingerprint density at radius 2 is 1.89 bits per heavy atom. The summed E-state index contributed by atoms with van der Waals surface area (Å²) in [6.45, 7) is 9.77. The molecule has 8 heteroatoms. The Hall–Kier alpha value is -3.57. The number of nitrogens with zero attached hydrogens (tertiary/aromatic N) is 3. The van der Waals surface area contributed by atoms with E-state index in [1.165, 1.54) is 10.6 Å². The van der Waals surface area contributed by atoms with Gasteiger partial charge in [0.1, 0.15) is 12.4 Å². The van der Waals surface area contributed by atoms with E-state index < -0.39 is 12.1 Å². The number of aliphatic hydroxyl groups excluding tert-OH is 1. The first kappa shape index (κ1) is 24.6. The first-order chi connectivity index (χ1) is 16.9. The number of ether oxygens (including phenoxy) is 1. The van der Waals surface area contributed by atoms with Crippen molar-refractivity contribution < 1.29 is 19.0 Å². The number of aliphatic hydroxyl groups is 1. The van der Waals surface area contributed by atoms with Gasteiger partial charge in [0, 0.05) is 22.6 Å². The van der Waals surface area contributed by atoms with Gasteiger partial charge in [-0.15, -0.1) is 0 Å². The lowest BCUT2D eigenvalue weighted by molar-refractivity contribution is -0.157. The van der Waals surface area contributed by atoms with Crippen LogP contribution in [0, 0.1) is 24.1 Å². The van der Waals surface area contributed by atoms with Crippen LogP contribution in [-0.2, 0) is 29.1 Å². The molecule has 2 aliphatic heterocycles. The third-order valence-corrected chi connectivity index (χ3v) is 6.80. The van der Waals surface area contributed by atoms with Crippen LogP contribution in [0.15, 0.2) is 16.9 Å². The molecule has 0 fully saturated rings. The number of benzene rings is 1. The van der Waals surface area contributed by atoms with Crippen molar-refractivity contribution >= 4 is 16.9 Å². The Balaban J connectivity index is 0.000000689. The monoisotopic (exact) mass is 477 g/mol. The normalized spacial score (nSPS) is 18.6. The fourth-order valence-electron chi connectivity index (χ4n) is 5.23. The fraction of sp³-hybridized carbons (Fsp3) is 0.407. The fourth-order valence-corrected chi connectivity index (χ4v) is 5.23. The quantitative estimate of drug-likeness (QED) is 0.372. The summed E-state index contributed by atoms with van der Waals surface area (Å²) in [6, 6.07) is 5.33. The molecular weight excluding hydrogens is 449 g/mol. The van der Waals surface area contributed by atoms with Crippen LogP contribution in [-0.4, -0.2) is 20.6 Å². The maximum absolute atomic E-state index is 14.6. The smallest absolute Gasteiger partial charge is 0.340 e. The van der Waals surface area contributed by atoms with E-state index in [-0.39, 0.29) is 41.6 Å². The largest absolute Gasteiger partial charge is 0.458 e. The average molecular weight is 478 g/mol. The lowest BCUT2D eigenvalue weighted by Gasteiger charge is -2.25. The van der Waals surface area contributed by atoms with Gasteiger partial charge in [-0.1, -0.05) is 27.7 Å². The maximum Gasteiger partial charge on any atom is 0.340 e. The van der Waals surface area contributed by atoms with Crippen molar-refractivity contribution in [2.45, 2.75) is 72.6 Å². The van der Waals surface area contributed by atoms with Crippen molar-refractivity contribution in [2.75, 3.05) is 0 Å². The van der Waals surface area contributed by atoms with Crippen molar-refractivity contribution in [3.8, 4) is 17.5 Å². The molecule has 0 spiro atoms. The topological polar surface area (TPSA) is 105 Å². The van der Waals surface area contributed by atoms with E-state index in [9.17, 15) is 24.3 Å². The summed E-state index contributed by atoms with van der Waals surface area (Å²) in [4.78, 5) is 29.7. The Morgan fingerprint density at radius 1 is 1.17 bits per heavy atom. The van der Waals surface area contributed by atoms with E-state index in [2.05, 4.69) is 6.07 Å². The molecule has 0 bridgehead atoms. The molecule has 3 aliphatic rings. The molecule has 0 saturated heterocycles. The van der Waals surface area contributed by atoms with Gasteiger partial charge in [0.25, 0.3) is 5.56 Å². The van der Waals surface area contributed by atoms with Crippen LogP contribution in [0.4, 0.5) is 4.39 Å². The highest BCUT2D eigenvalue weighted by molar-refractivity contribution is 5.93. The molecule has 4 heterocycles. The van der Waals surface area contributed by atoms with Crippen LogP contribution < -0.4 is 5.56 Å². The number of hydrogen-bond acceptors (Lipinski definition) is 6. The zero-order valence-corrected chi connectivity index (χ0v) is 20.5. The van der Waals surface area contributed by atoms with Crippen LogP contribution in [0.5, 0.6) is 0 Å². The molecule has 1 N–H and O–H groups in total. The third kappa shape index (κ3) is 3.45. The summed E-state index contributed by atoms with van der Waals surface area (Å²) in [6.07, 6.45) is -0.371. The number of esters is 1. The molecule has 7 nitrogen and oxygen atoms in total. The molecule has 0 amide bonds. The number of pyridine rings is 2. The minimum atomic E-state index is -1.54. The molecule has 6 rings (SSSR count). The summed E-state index contributed by atoms with van der Waals surface area (Å²) >= 11 is 0. The third-order valence-electron chi connectivity index (χ3n) is 6.80. The molecular formula is C27H28FN3O4. The molecule has 1 aromatic carbocycles. The highest BCUT2D eigenvalue weighted by Gasteiger charge is 2.37.